The lowest BCUT2D eigenvalue weighted by atomic mass is 9.98. The van der Waals surface area contributed by atoms with Crippen LogP contribution in [0.3, 0.4) is 0 Å². The molecular weight excluding hydrogens is 234 g/mol. The second-order valence-corrected chi connectivity index (χ2v) is 4.53. The first kappa shape index (κ1) is 12.7. The molecule has 0 fully saturated rings. The van der Waals surface area contributed by atoms with Gasteiger partial charge in [-0.1, -0.05) is 12.1 Å². The number of halogens is 2. The fourth-order valence-electron chi connectivity index (χ4n) is 2.04. The number of aliphatic hydroxyl groups is 1. The Kier molecular flexibility index (Phi) is 3.43. The molecule has 1 N–H and O–H groups in total. The van der Waals surface area contributed by atoms with E-state index in [0.29, 0.717) is 11.1 Å². The van der Waals surface area contributed by atoms with Gasteiger partial charge in [-0.25, -0.2) is 8.78 Å². The lowest BCUT2D eigenvalue weighted by Gasteiger charge is -2.13. The maximum absolute atomic E-state index is 13.3. The van der Waals surface area contributed by atoms with Gasteiger partial charge < -0.3 is 5.11 Å². The number of hydrogen-bond acceptors (Lipinski definition) is 1. The van der Waals surface area contributed by atoms with Gasteiger partial charge in [-0.3, -0.25) is 0 Å². The largest absolute Gasteiger partial charge is 0.384 e. The molecule has 94 valence electrons. The predicted molar refractivity (Wildman–Crippen MR) is 66.3 cm³/mol. The van der Waals surface area contributed by atoms with Crippen molar-refractivity contribution in [2.45, 2.75) is 20.0 Å². The Balaban J connectivity index is 2.43. The van der Waals surface area contributed by atoms with Crippen molar-refractivity contribution in [1.82, 2.24) is 0 Å². The zero-order valence-corrected chi connectivity index (χ0v) is 10.2. The van der Waals surface area contributed by atoms with E-state index in [2.05, 4.69) is 0 Å². The Morgan fingerprint density at radius 1 is 0.778 bits per heavy atom. The van der Waals surface area contributed by atoms with Crippen LogP contribution in [0.5, 0.6) is 0 Å². The van der Waals surface area contributed by atoms with Crippen molar-refractivity contribution in [1.29, 1.82) is 0 Å². The predicted octanol–water partition coefficient (Wildman–Crippen LogP) is 3.66. The van der Waals surface area contributed by atoms with E-state index in [9.17, 15) is 13.9 Å². The molecule has 0 radical (unpaired) electrons. The van der Waals surface area contributed by atoms with Gasteiger partial charge in [-0.2, -0.15) is 0 Å². The van der Waals surface area contributed by atoms with Gasteiger partial charge in [0.15, 0.2) is 0 Å². The van der Waals surface area contributed by atoms with Crippen LogP contribution in [-0.4, -0.2) is 5.11 Å². The average Bonchev–Trinajstić information content (AvgIpc) is 2.25. The van der Waals surface area contributed by atoms with Gasteiger partial charge in [0.05, 0.1) is 0 Å². The topological polar surface area (TPSA) is 20.2 Å². The van der Waals surface area contributed by atoms with E-state index in [1.807, 2.05) is 0 Å². The lowest BCUT2D eigenvalue weighted by Crippen LogP contribution is -2.02. The first-order valence-electron chi connectivity index (χ1n) is 5.68. The molecular formula is C15H14F2O. The zero-order chi connectivity index (χ0) is 13.3. The molecule has 18 heavy (non-hydrogen) atoms. The van der Waals surface area contributed by atoms with E-state index in [0.717, 1.165) is 11.1 Å². The van der Waals surface area contributed by atoms with E-state index in [4.69, 9.17) is 0 Å². The fraction of sp³-hybridized carbons (Fsp3) is 0.200. The summed E-state index contributed by atoms with van der Waals surface area (Å²) < 4.78 is 26.6. The third-order valence-electron chi connectivity index (χ3n) is 2.76. The average molecular weight is 248 g/mol. The number of aliphatic hydroxyl groups excluding tert-OH is 1. The molecule has 0 aliphatic rings. The first-order chi connectivity index (χ1) is 8.45. The van der Waals surface area contributed by atoms with Crippen molar-refractivity contribution in [3.05, 3.63) is 70.3 Å². The minimum absolute atomic E-state index is 0.405. The van der Waals surface area contributed by atoms with Gasteiger partial charge in [-0.05, 0) is 60.4 Å². The number of aryl methyl sites for hydroxylation is 2. The Bertz CT molecular complexity index is 487. The van der Waals surface area contributed by atoms with Crippen LogP contribution in [0.25, 0.3) is 0 Å². The van der Waals surface area contributed by atoms with Crippen LogP contribution in [0.4, 0.5) is 8.78 Å². The zero-order valence-electron chi connectivity index (χ0n) is 10.2. The van der Waals surface area contributed by atoms with Gasteiger partial charge in [0.1, 0.15) is 17.7 Å². The van der Waals surface area contributed by atoms with Gasteiger partial charge >= 0.3 is 0 Å². The smallest absolute Gasteiger partial charge is 0.123 e. The number of benzene rings is 2. The third-order valence-corrected chi connectivity index (χ3v) is 2.76. The summed E-state index contributed by atoms with van der Waals surface area (Å²) >= 11 is 0. The standard InChI is InChI=1S/C15H14F2O/c1-9-3-11(7-13(16)5-9)15(18)12-4-10(2)6-14(17)8-12/h3-8,15,18H,1-2H3. The van der Waals surface area contributed by atoms with Gasteiger partial charge in [0, 0.05) is 0 Å². The van der Waals surface area contributed by atoms with E-state index < -0.39 is 17.7 Å². The van der Waals surface area contributed by atoms with Crippen LogP contribution in [0.1, 0.15) is 28.4 Å². The molecule has 2 rings (SSSR count). The van der Waals surface area contributed by atoms with Crippen molar-refractivity contribution in [2.75, 3.05) is 0 Å². The van der Waals surface area contributed by atoms with Crippen molar-refractivity contribution < 1.29 is 13.9 Å². The highest BCUT2D eigenvalue weighted by molar-refractivity contribution is 5.34. The van der Waals surface area contributed by atoms with Crippen molar-refractivity contribution in [3.8, 4) is 0 Å². The quantitative estimate of drug-likeness (QED) is 0.859. The molecule has 0 bridgehead atoms. The summed E-state index contributed by atoms with van der Waals surface area (Å²) in [6.07, 6.45) is -1.02. The molecule has 3 heteroatoms. The fourth-order valence-corrected chi connectivity index (χ4v) is 2.04. The molecule has 0 unspecified atom stereocenters. The molecule has 2 aromatic rings. The minimum Gasteiger partial charge on any atom is -0.384 e. The molecule has 0 atom stereocenters. The van der Waals surface area contributed by atoms with Crippen LogP contribution in [0.15, 0.2) is 36.4 Å². The molecule has 0 saturated carbocycles. The Morgan fingerprint density at radius 2 is 1.17 bits per heavy atom. The number of hydrogen-bond donors (Lipinski definition) is 1. The lowest BCUT2D eigenvalue weighted by molar-refractivity contribution is 0.219. The monoisotopic (exact) mass is 248 g/mol. The summed E-state index contributed by atoms with van der Waals surface area (Å²) in [4.78, 5) is 0. The summed E-state index contributed by atoms with van der Waals surface area (Å²) in [6, 6.07) is 8.66. The molecule has 1 nitrogen and oxygen atoms in total. The molecule has 0 amide bonds. The Morgan fingerprint density at radius 3 is 1.50 bits per heavy atom. The highest BCUT2D eigenvalue weighted by Gasteiger charge is 2.13. The van der Waals surface area contributed by atoms with Crippen LogP contribution in [0, 0.1) is 25.5 Å². The minimum atomic E-state index is -1.02. The molecule has 0 spiro atoms. The summed E-state index contributed by atoms with van der Waals surface area (Å²) in [5.74, 6) is -0.811. The summed E-state index contributed by atoms with van der Waals surface area (Å²) in [5.41, 5.74) is 2.30. The SMILES string of the molecule is Cc1cc(F)cc(C(O)c2cc(C)cc(F)c2)c1. The summed E-state index contributed by atoms with van der Waals surface area (Å²) in [6.45, 7) is 3.49. The van der Waals surface area contributed by atoms with Crippen LogP contribution in [0.2, 0.25) is 0 Å². The molecule has 0 saturated heterocycles. The normalized spacial score (nSPS) is 11.0. The van der Waals surface area contributed by atoms with E-state index in [1.54, 1.807) is 26.0 Å². The van der Waals surface area contributed by atoms with Crippen LogP contribution < -0.4 is 0 Å². The van der Waals surface area contributed by atoms with E-state index in [-0.39, 0.29) is 0 Å². The Labute approximate surface area is 105 Å². The van der Waals surface area contributed by atoms with Crippen LogP contribution >= 0.6 is 0 Å². The van der Waals surface area contributed by atoms with Crippen LogP contribution in [-0.2, 0) is 0 Å². The summed E-state index contributed by atoms with van der Waals surface area (Å²) in [7, 11) is 0. The van der Waals surface area contributed by atoms with Crippen molar-refractivity contribution >= 4 is 0 Å². The van der Waals surface area contributed by atoms with E-state index in [1.165, 1.54) is 24.3 Å². The van der Waals surface area contributed by atoms with Crippen molar-refractivity contribution in [3.63, 3.8) is 0 Å². The molecule has 0 aliphatic heterocycles. The number of rotatable bonds is 2. The molecule has 0 heterocycles. The Hall–Kier alpha value is -1.74. The third kappa shape index (κ3) is 2.74. The van der Waals surface area contributed by atoms with Gasteiger partial charge in [0.25, 0.3) is 0 Å². The summed E-state index contributed by atoms with van der Waals surface area (Å²) in [5, 5.41) is 10.2. The van der Waals surface area contributed by atoms with E-state index >= 15 is 0 Å². The maximum atomic E-state index is 13.3. The molecule has 0 aromatic heterocycles. The van der Waals surface area contributed by atoms with Gasteiger partial charge in [-0.15, -0.1) is 0 Å². The highest BCUT2D eigenvalue weighted by atomic mass is 19.1. The second kappa shape index (κ2) is 4.86. The first-order valence-corrected chi connectivity index (χ1v) is 5.68. The second-order valence-electron chi connectivity index (χ2n) is 4.53. The molecule has 0 aliphatic carbocycles. The van der Waals surface area contributed by atoms with Crippen molar-refractivity contribution in [2.24, 2.45) is 0 Å². The highest BCUT2D eigenvalue weighted by Crippen LogP contribution is 2.25. The maximum Gasteiger partial charge on any atom is 0.123 e. The van der Waals surface area contributed by atoms with Gasteiger partial charge in [0.2, 0.25) is 0 Å². The molecule has 2 aromatic carbocycles.